The summed E-state index contributed by atoms with van der Waals surface area (Å²) in [5.41, 5.74) is 1.55. The maximum absolute atomic E-state index is 9.32. The van der Waals surface area contributed by atoms with Gasteiger partial charge in [-0.25, -0.2) is 0 Å². The summed E-state index contributed by atoms with van der Waals surface area (Å²) in [5, 5.41) is 9.82. The van der Waals surface area contributed by atoms with E-state index in [2.05, 4.69) is 0 Å². The number of aliphatic hydroxyl groups excluding tert-OH is 1. The Hall–Kier alpha value is -1.91. The van der Waals surface area contributed by atoms with Crippen molar-refractivity contribution in [3.05, 3.63) is 52.5 Å². The highest BCUT2D eigenvalue weighted by Gasteiger charge is 2.14. The molecule has 20 heavy (non-hydrogen) atoms. The molecule has 1 heterocycles. The van der Waals surface area contributed by atoms with Crippen molar-refractivity contribution in [1.82, 2.24) is 0 Å². The van der Waals surface area contributed by atoms with Gasteiger partial charge in [-0.05, 0) is 29.8 Å². The van der Waals surface area contributed by atoms with E-state index in [1.54, 1.807) is 18.2 Å². The first kappa shape index (κ1) is 13.1. The Balaban J connectivity index is 1.75. The Morgan fingerprint density at radius 1 is 1.15 bits per heavy atom. The minimum Gasteiger partial charge on any atom is -0.488 e. The lowest BCUT2D eigenvalue weighted by atomic mass is 10.2. The molecule has 0 fully saturated rings. The number of hydrogen-bond acceptors (Lipinski definition) is 4. The van der Waals surface area contributed by atoms with Crippen molar-refractivity contribution < 1.29 is 19.3 Å². The van der Waals surface area contributed by atoms with Gasteiger partial charge in [-0.3, -0.25) is 0 Å². The fourth-order valence-corrected chi connectivity index (χ4v) is 2.24. The van der Waals surface area contributed by atoms with E-state index in [1.807, 2.05) is 18.2 Å². The molecule has 0 saturated carbocycles. The van der Waals surface area contributed by atoms with Crippen molar-refractivity contribution in [3.8, 4) is 17.2 Å². The molecule has 0 bridgehead atoms. The van der Waals surface area contributed by atoms with Crippen LogP contribution in [0.3, 0.4) is 0 Å². The minimum absolute atomic E-state index is 0.157. The zero-order chi connectivity index (χ0) is 13.9. The van der Waals surface area contributed by atoms with Crippen molar-refractivity contribution >= 4 is 11.6 Å². The second-order valence-corrected chi connectivity index (χ2v) is 4.76. The number of halogens is 1. The first-order valence-corrected chi connectivity index (χ1v) is 6.55. The Bertz CT molecular complexity index is 627. The number of fused-ring (bicyclic) bond motifs is 1. The molecule has 1 N–H and O–H groups in total. The minimum atomic E-state index is -0.157. The zero-order valence-corrected chi connectivity index (χ0v) is 11.4. The highest BCUT2D eigenvalue weighted by Crippen LogP contribution is 2.33. The summed E-state index contributed by atoms with van der Waals surface area (Å²) >= 11 is 6.01. The predicted octanol–water partition coefficient (Wildman–Crippen LogP) is 3.14. The lowest BCUT2D eigenvalue weighted by Gasteiger charge is -2.11. The van der Waals surface area contributed by atoms with Crippen LogP contribution in [0.1, 0.15) is 11.1 Å². The molecule has 0 saturated heterocycles. The summed E-state index contributed by atoms with van der Waals surface area (Å²) in [6.45, 7) is 0.461. The molecule has 0 amide bonds. The number of aliphatic hydroxyl groups is 1. The van der Waals surface area contributed by atoms with Gasteiger partial charge in [-0.1, -0.05) is 23.7 Å². The van der Waals surface area contributed by atoms with E-state index in [9.17, 15) is 5.11 Å². The van der Waals surface area contributed by atoms with Crippen molar-refractivity contribution in [2.45, 2.75) is 13.2 Å². The van der Waals surface area contributed by atoms with Gasteiger partial charge in [-0.15, -0.1) is 0 Å². The normalized spacial score (nSPS) is 12.5. The fraction of sp³-hybridized carbons (Fsp3) is 0.200. The van der Waals surface area contributed by atoms with Crippen LogP contribution in [0.15, 0.2) is 36.4 Å². The van der Waals surface area contributed by atoms with Crippen LogP contribution in [0.5, 0.6) is 17.2 Å². The van der Waals surface area contributed by atoms with Crippen LogP contribution < -0.4 is 14.2 Å². The van der Waals surface area contributed by atoms with Gasteiger partial charge in [0, 0.05) is 10.6 Å². The van der Waals surface area contributed by atoms with Crippen molar-refractivity contribution in [2.75, 3.05) is 6.79 Å². The molecule has 0 radical (unpaired) electrons. The average molecular weight is 293 g/mol. The lowest BCUT2D eigenvalue weighted by Crippen LogP contribution is -1.99. The van der Waals surface area contributed by atoms with Crippen molar-refractivity contribution in [1.29, 1.82) is 0 Å². The molecule has 0 aromatic heterocycles. The topological polar surface area (TPSA) is 47.9 Å². The summed E-state index contributed by atoms with van der Waals surface area (Å²) in [5.74, 6) is 2.05. The highest BCUT2D eigenvalue weighted by atomic mass is 35.5. The number of hydrogen-bond donors (Lipinski definition) is 1. The first-order valence-electron chi connectivity index (χ1n) is 6.17. The summed E-state index contributed by atoms with van der Waals surface area (Å²) in [4.78, 5) is 0. The van der Waals surface area contributed by atoms with Crippen LogP contribution in [0, 0.1) is 0 Å². The van der Waals surface area contributed by atoms with Gasteiger partial charge < -0.3 is 19.3 Å². The molecule has 1 aliphatic rings. The average Bonchev–Trinajstić information content (AvgIpc) is 2.92. The van der Waals surface area contributed by atoms with Crippen LogP contribution in [-0.4, -0.2) is 11.9 Å². The smallest absolute Gasteiger partial charge is 0.231 e. The van der Waals surface area contributed by atoms with E-state index < -0.39 is 0 Å². The van der Waals surface area contributed by atoms with E-state index in [4.69, 9.17) is 25.8 Å². The Morgan fingerprint density at radius 3 is 2.85 bits per heavy atom. The van der Waals surface area contributed by atoms with Gasteiger partial charge in [0.05, 0.1) is 6.61 Å². The summed E-state index contributed by atoms with van der Waals surface area (Å²) < 4.78 is 16.3. The van der Waals surface area contributed by atoms with Gasteiger partial charge in [0.25, 0.3) is 0 Å². The van der Waals surface area contributed by atoms with Gasteiger partial charge in [0.1, 0.15) is 12.4 Å². The van der Waals surface area contributed by atoms with Gasteiger partial charge >= 0.3 is 0 Å². The third-order valence-electron chi connectivity index (χ3n) is 3.07. The number of benzene rings is 2. The standard InChI is InChI=1S/C15H13ClO4/c16-12-2-1-3-13(11(12)7-17)18-8-10-4-5-14-15(6-10)20-9-19-14/h1-6,17H,7-9H2. The van der Waals surface area contributed by atoms with Gasteiger partial charge in [-0.2, -0.15) is 0 Å². The molecule has 1 aliphatic heterocycles. The number of ether oxygens (including phenoxy) is 3. The second-order valence-electron chi connectivity index (χ2n) is 4.35. The van der Waals surface area contributed by atoms with E-state index in [1.165, 1.54) is 0 Å². The fourth-order valence-electron chi connectivity index (χ4n) is 2.02. The molecule has 4 nitrogen and oxygen atoms in total. The Kier molecular flexibility index (Phi) is 3.67. The highest BCUT2D eigenvalue weighted by molar-refractivity contribution is 6.31. The van der Waals surface area contributed by atoms with Crippen LogP contribution in [0.2, 0.25) is 5.02 Å². The maximum Gasteiger partial charge on any atom is 0.231 e. The molecule has 2 aromatic carbocycles. The van der Waals surface area contributed by atoms with Crippen LogP contribution >= 0.6 is 11.6 Å². The van der Waals surface area contributed by atoms with Crippen molar-refractivity contribution in [2.24, 2.45) is 0 Å². The van der Waals surface area contributed by atoms with Gasteiger partial charge in [0.15, 0.2) is 11.5 Å². The first-order chi connectivity index (χ1) is 9.78. The molecule has 104 valence electrons. The van der Waals surface area contributed by atoms with Crippen LogP contribution in [-0.2, 0) is 13.2 Å². The van der Waals surface area contributed by atoms with Crippen LogP contribution in [0.4, 0.5) is 0 Å². The largest absolute Gasteiger partial charge is 0.488 e. The molecular weight excluding hydrogens is 280 g/mol. The molecule has 2 aromatic rings. The molecule has 0 aliphatic carbocycles. The lowest BCUT2D eigenvalue weighted by molar-refractivity contribution is 0.174. The van der Waals surface area contributed by atoms with E-state index in [0.717, 1.165) is 17.1 Å². The predicted molar refractivity (Wildman–Crippen MR) is 74.3 cm³/mol. The molecule has 5 heteroatoms. The number of rotatable bonds is 4. The van der Waals surface area contributed by atoms with E-state index >= 15 is 0 Å². The second kappa shape index (κ2) is 5.61. The zero-order valence-electron chi connectivity index (χ0n) is 10.6. The molecule has 3 rings (SSSR count). The summed E-state index contributed by atoms with van der Waals surface area (Å²) in [6.07, 6.45) is 0. The quantitative estimate of drug-likeness (QED) is 0.940. The SMILES string of the molecule is OCc1c(Cl)cccc1OCc1ccc2c(c1)OCO2. The molecule has 0 atom stereocenters. The van der Waals surface area contributed by atoms with Crippen LogP contribution in [0.25, 0.3) is 0 Å². The van der Waals surface area contributed by atoms with Crippen molar-refractivity contribution in [3.63, 3.8) is 0 Å². The third-order valence-corrected chi connectivity index (χ3v) is 3.42. The Labute approximate surface area is 121 Å². The van der Waals surface area contributed by atoms with E-state index in [0.29, 0.717) is 22.9 Å². The Morgan fingerprint density at radius 2 is 2.00 bits per heavy atom. The molecule has 0 unspecified atom stereocenters. The molecule has 0 spiro atoms. The molecular formula is C15H13ClO4. The summed E-state index contributed by atoms with van der Waals surface area (Å²) in [6, 6.07) is 10.9. The summed E-state index contributed by atoms with van der Waals surface area (Å²) in [7, 11) is 0. The monoisotopic (exact) mass is 292 g/mol. The maximum atomic E-state index is 9.32. The third kappa shape index (κ3) is 2.53. The van der Waals surface area contributed by atoms with Gasteiger partial charge in [0.2, 0.25) is 6.79 Å². The van der Waals surface area contributed by atoms with E-state index in [-0.39, 0.29) is 13.4 Å².